The van der Waals surface area contributed by atoms with Crippen LogP contribution >= 0.6 is 23.2 Å². The lowest BCUT2D eigenvalue weighted by Gasteiger charge is -2.45. The molecule has 4 aromatic carbocycles. The van der Waals surface area contributed by atoms with Crippen molar-refractivity contribution < 1.29 is 23.9 Å². The number of hydrogen-bond donors (Lipinski definition) is 0. The summed E-state index contributed by atoms with van der Waals surface area (Å²) in [4.78, 5) is 56.9. The minimum Gasteiger partial charge on any atom is -0.426 e. The second-order valence-electron chi connectivity index (χ2n) is 11.7. The molecule has 0 aromatic heterocycles. The van der Waals surface area contributed by atoms with E-state index in [2.05, 4.69) is 24.3 Å². The van der Waals surface area contributed by atoms with Crippen LogP contribution in [-0.4, -0.2) is 30.2 Å². The molecule has 0 spiro atoms. The van der Waals surface area contributed by atoms with Crippen LogP contribution in [0.15, 0.2) is 91.0 Å². The molecule has 0 N–H and O–H groups in total. The first-order chi connectivity index (χ1) is 21.3. The number of esters is 1. The van der Waals surface area contributed by atoms with Gasteiger partial charge in [-0.1, -0.05) is 77.8 Å². The van der Waals surface area contributed by atoms with Gasteiger partial charge in [0.2, 0.25) is 17.7 Å². The molecular weight excluding hydrogens is 599 g/mol. The Morgan fingerprint density at radius 2 is 1.32 bits per heavy atom. The van der Waals surface area contributed by atoms with Crippen molar-refractivity contribution in [3.63, 3.8) is 0 Å². The summed E-state index contributed by atoms with van der Waals surface area (Å²) in [7, 11) is 0. The zero-order valence-corrected chi connectivity index (χ0v) is 24.7. The monoisotopic (exact) mass is 622 g/mol. The smallest absolute Gasteiger partial charge is 0.316 e. The Labute approximate surface area is 262 Å². The van der Waals surface area contributed by atoms with Crippen LogP contribution in [0.4, 0.5) is 11.4 Å². The number of benzene rings is 4. The molecule has 2 heterocycles. The average molecular weight is 623 g/mol. The van der Waals surface area contributed by atoms with Crippen molar-refractivity contribution in [2.45, 2.75) is 18.3 Å². The van der Waals surface area contributed by atoms with Gasteiger partial charge in [0.1, 0.15) is 5.75 Å². The van der Waals surface area contributed by atoms with Gasteiger partial charge in [-0.3, -0.25) is 19.2 Å². The second kappa shape index (κ2) is 10.0. The van der Waals surface area contributed by atoms with Gasteiger partial charge in [0, 0.05) is 35.9 Å². The quantitative estimate of drug-likeness (QED) is 0.150. The molecule has 0 unspecified atom stereocenters. The maximum atomic E-state index is 14.1. The van der Waals surface area contributed by atoms with Gasteiger partial charge in [0.15, 0.2) is 0 Å². The Balaban J connectivity index is 1.06. The standard InChI is InChI=1S/C35H24Cl2N2O5/c36-19-12-13-26(37)27(15-19)38-17-18(14-28(38)40)35(43)44-21-7-5-6-20(16-21)39-33(41)31-29-22-8-1-2-9-23(22)30(32(31)34(39)42)25-11-4-3-10-24(25)29/h1-13,15-16,18,29-32H,14,17H2/t18-,29?,30?,31+,32+/m0/s1. The molecular formula is C35H24Cl2N2O5. The van der Waals surface area contributed by atoms with Crippen molar-refractivity contribution in [2.75, 3.05) is 16.3 Å². The van der Waals surface area contributed by atoms with E-state index in [-0.39, 0.29) is 48.3 Å². The molecule has 218 valence electrons. The summed E-state index contributed by atoms with van der Waals surface area (Å²) in [6.07, 6.45) is -0.0439. The lowest BCUT2D eigenvalue weighted by molar-refractivity contribution is -0.139. The molecule has 2 saturated heterocycles. The fraction of sp³-hybridized carbons (Fsp3) is 0.200. The summed E-state index contributed by atoms with van der Waals surface area (Å²) in [6.45, 7) is 0.0910. The average Bonchev–Trinajstić information content (AvgIpc) is 3.55. The van der Waals surface area contributed by atoms with Crippen LogP contribution in [-0.2, 0) is 19.2 Å². The predicted octanol–water partition coefficient (Wildman–Crippen LogP) is 6.35. The molecule has 44 heavy (non-hydrogen) atoms. The Kier molecular flexibility index (Phi) is 6.19. The van der Waals surface area contributed by atoms with Crippen molar-refractivity contribution in [1.29, 1.82) is 0 Å². The molecule has 4 aromatic rings. The van der Waals surface area contributed by atoms with Gasteiger partial charge in [0.05, 0.1) is 34.2 Å². The number of anilines is 2. The van der Waals surface area contributed by atoms with E-state index < -0.39 is 23.7 Å². The number of imide groups is 1. The Hall–Kier alpha value is -4.46. The molecule has 2 aliphatic heterocycles. The Morgan fingerprint density at radius 1 is 0.727 bits per heavy atom. The minimum atomic E-state index is -0.730. The van der Waals surface area contributed by atoms with E-state index in [0.29, 0.717) is 21.4 Å². The van der Waals surface area contributed by atoms with Crippen LogP contribution in [0.1, 0.15) is 40.5 Å². The molecule has 2 bridgehead atoms. The van der Waals surface area contributed by atoms with Gasteiger partial charge < -0.3 is 9.64 Å². The van der Waals surface area contributed by atoms with E-state index in [4.69, 9.17) is 27.9 Å². The highest BCUT2D eigenvalue weighted by Gasteiger charge is 2.61. The summed E-state index contributed by atoms with van der Waals surface area (Å²) >= 11 is 12.4. The van der Waals surface area contributed by atoms with E-state index >= 15 is 0 Å². The third-order valence-corrected chi connectivity index (χ3v) is 9.95. The highest BCUT2D eigenvalue weighted by molar-refractivity contribution is 6.36. The summed E-state index contributed by atoms with van der Waals surface area (Å²) in [6, 6.07) is 27.5. The largest absolute Gasteiger partial charge is 0.426 e. The summed E-state index contributed by atoms with van der Waals surface area (Å²) in [5, 5.41) is 0.774. The first kappa shape index (κ1) is 27.1. The lowest BCUT2D eigenvalue weighted by Crippen LogP contribution is -2.41. The van der Waals surface area contributed by atoms with Crippen LogP contribution in [0.25, 0.3) is 0 Å². The van der Waals surface area contributed by atoms with E-state index in [1.165, 1.54) is 15.9 Å². The Morgan fingerprint density at radius 3 is 1.91 bits per heavy atom. The number of amides is 3. The number of nitrogens with zero attached hydrogens (tertiary/aromatic N) is 2. The second-order valence-corrected chi connectivity index (χ2v) is 12.5. The maximum Gasteiger partial charge on any atom is 0.316 e. The van der Waals surface area contributed by atoms with E-state index in [9.17, 15) is 19.2 Å². The predicted molar refractivity (Wildman–Crippen MR) is 165 cm³/mol. The number of ether oxygens (including phenoxy) is 1. The van der Waals surface area contributed by atoms with Crippen molar-refractivity contribution in [2.24, 2.45) is 17.8 Å². The van der Waals surface area contributed by atoms with Crippen LogP contribution in [0, 0.1) is 17.8 Å². The van der Waals surface area contributed by atoms with Gasteiger partial charge in [-0.05, 0) is 52.6 Å². The molecule has 9 rings (SSSR count). The summed E-state index contributed by atoms with van der Waals surface area (Å²) in [5.74, 6) is -3.36. The Bertz CT molecular complexity index is 1810. The number of carbonyl (C=O) groups is 4. The number of carbonyl (C=O) groups excluding carboxylic acids is 4. The van der Waals surface area contributed by atoms with Crippen LogP contribution in [0.3, 0.4) is 0 Å². The molecule has 9 heteroatoms. The minimum absolute atomic E-state index is 0.0439. The van der Waals surface area contributed by atoms with Crippen molar-refractivity contribution in [3.8, 4) is 5.75 Å². The fourth-order valence-corrected chi connectivity index (χ4v) is 7.99. The summed E-state index contributed by atoms with van der Waals surface area (Å²) < 4.78 is 5.70. The zero-order valence-electron chi connectivity index (χ0n) is 23.2. The van der Waals surface area contributed by atoms with Crippen molar-refractivity contribution in [3.05, 3.63) is 123 Å². The topological polar surface area (TPSA) is 84.0 Å². The molecule has 3 amide bonds. The molecule has 2 fully saturated rings. The first-order valence-corrected chi connectivity index (χ1v) is 15.2. The van der Waals surface area contributed by atoms with Crippen LogP contribution in [0.5, 0.6) is 5.75 Å². The van der Waals surface area contributed by atoms with E-state index in [1.807, 2.05) is 24.3 Å². The van der Waals surface area contributed by atoms with Crippen LogP contribution < -0.4 is 14.5 Å². The third kappa shape index (κ3) is 3.96. The normalized spacial score (nSPS) is 24.8. The molecule has 3 atom stereocenters. The zero-order chi connectivity index (χ0) is 30.3. The fourth-order valence-electron chi connectivity index (χ4n) is 7.61. The SMILES string of the molecule is O=C(Oc1cccc(N2C(=O)[C@@H]3C4c5ccccc5C(c5ccccc54)[C@H]3C2=O)c1)[C@H]1CC(=O)N(c2cc(Cl)ccc2Cl)C1. The lowest BCUT2D eigenvalue weighted by atomic mass is 9.55. The van der Waals surface area contributed by atoms with E-state index in [1.54, 1.807) is 36.4 Å². The van der Waals surface area contributed by atoms with E-state index in [0.717, 1.165) is 22.3 Å². The van der Waals surface area contributed by atoms with Gasteiger partial charge >= 0.3 is 5.97 Å². The molecule has 0 saturated carbocycles. The molecule has 5 aliphatic rings. The molecule has 7 nitrogen and oxygen atoms in total. The van der Waals surface area contributed by atoms with Crippen molar-refractivity contribution in [1.82, 2.24) is 0 Å². The van der Waals surface area contributed by atoms with Gasteiger partial charge in [0.25, 0.3) is 0 Å². The maximum absolute atomic E-state index is 14.1. The molecule has 0 radical (unpaired) electrons. The van der Waals surface area contributed by atoms with Gasteiger partial charge in [-0.2, -0.15) is 0 Å². The number of halogens is 2. The van der Waals surface area contributed by atoms with Gasteiger partial charge in [-0.15, -0.1) is 0 Å². The highest BCUT2D eigenvalue weighted by Crippen LogP contribution is 2.61. The van der Waals surface area contributed by atoms with Gasteiger partial charge in [-0.25, -0.2) is 4.90 Å². The summed E-state index contributed by atoms with van der Waals surface area (Å²) in [5.41, 5.74) is 5.18. The van der Waals surface area contributed by atoms with Crippen LogP contribution in [0.2, 0.25) is 10.0 Å². The first-order valence-electron chi connectivity index (χ1n) is 14.4. The highest BCUT2D eigenvalue weighted by atomic mass is 35.5. The third-order valence-electron chi connectivity index (χ3n) is 9.40. The number of hydrogen-bond acceptors (Lipinski definition) is 5. The van der Waals surface area contributed by atoms with Crippen molar-refractivity contribution >= 4 is 58.3 Å². The number of rotatable bonds is 4. The molecule has 3 aliphatic carbocycles.